The summed E-state index contributed by atoms with van der Waals surface area (Å²) < 4.78 is 10.7. The zero-order valence-corrected chi connectivity index (χ0v) is 23.0. The fourth-order valence-electron chi connectivity index (χ4n) is 3.71. The molecule has 1 aromatic heterocycles. The maximum atomic E-state index is 12.9. The summed E-state index contributed by atoms with van der Waals surface area (Å²) in [5.74, 6) is 2.87. The Morgan fingerprint density at radius 2 is 1.61 bits per heavy atom. The van der Waals surface area contributed by atoms with Crippen LogP contribution >= 0.6 is 23.4 Å². The van der Waals surface area contributed by atoms with Crippen molar-refractivity contribution in [1.82, 2.24) is 14.9 Å². The second-order valence-electron chi connectivity index (χ2n) is 8.16. The molecule has 1 heterocycles. The molecular formula is C27H33ClN4O3S. The molecule has 1 amide bonds. The molecule has 192 valence electrons. The van der Waals surface area contributed by atoms with E-state index < -0.39 is 0 Å². The Bertz CT molecular complexity index is 1160. The maximum Gasteiger partial charge on any atom is 0.253 e. The van der Waals surface area contributed by atoms with Crippen LogP contribution in [0.1, 0.15) is 35.3 Å². The van der Waals surface area contributed by atoms with Crippen molar-refractivity contribution in [3.63, 3.8) is 0 Å². The highest BCUT2D eigenvalue weighted by molar-refractivity contribution is 7.98. The molecule has 2 aromatic carbocycles. The second-order valence-corrected chi connectivity index (χ2v) is 9.49. The summed E-state index contributed by atoms with van der Waals surface area (Å²) in [7, 11) is 5.05. The number of ether oxygens (including phenoxy) is 2. The smallest absolute Gasteiger partial charge is 0.253 e. The minimum Gasteiger partial charge on any atom is -0.493 e. The lowest BCUT2D eigenvalue weighted by Crippen LogP contribution is -2.28. The van der Waals surface area contributed by atoms with Gasteiger partial charge in [-0.15, -0.1) is 0 Å². The zero-order chi connectivity index (χ0) is 26.1. The van der Waals surface area contributed by atoms with Gasteiger partial charge in [-0.25, -0.2) is 9.97 Å². The number of benzene rings is 2. The minimum absolute atomic E-state index is 0.0169. The molecule has 0 radical (unpaired) electrons. The molecule has 36 heavy (non-hydrogen) atoms. The Balaban J connectivity index is 1.57. The van der Waals surface area contributed by atoms with E-state index in [4.69, 9.17) is 21.1 Å². The number of halogens is 1. The highest BCUT2D eigenvalue weighted by Crippen LogP contribution is 2.28. The van der Waals surface area contributed by atoms with Crippen molar-refractivity contribution < 1.29 is 14.3 Å². The van der Waals surface area contributed by atoms with Crippen molar-refractivity contribution in [2.75, 3.05) is 45.8 Å². The minimum atomic E-state index is -0.0169. The summed E-state index contributed by atoms with van der Waals surface area (Å²) in [6.45, 7) is 6.47. The van der Waals surface area contributed by atoms with E-state index in [0.717, 1.165) is 30.0 Å². The quantitative estimate of drug-likeness (QED) is 0.172. The van der Waals surface area contributed by atoms with Crippen molar-refractivity contribution in [1.29, 1.82) is 0 Å². The zero-order valence-electron chi connectivity index (χ0n) is 21.5. The Morgan fingerprint density at radius 1 is 0.944 bits per heavy atom. The van der Waals surface area contributed by atoms with Crippen molar-refractivity contribution in [3.05, 3.63) is 70.4 Å². The van der Waals surface area contributed by atoms with Gasteiger partial charge < -0.3 is 19.3 Å². The number of rotatable bonds is 12. The lowest BCUT2D eigenvalue weighted by Gasteiger charge is -2.20. The molecule has 7 nitrogen and oxygen atoms in total. The average molecular weight is 529 g/mol. The standard InChI is InChI=1S/C27H33ClN4O3S/c1-6-32(7-2)25-17-24(28)29-27(30-25)36-18-20-8-11-21(12-9-20)26(33)31(3)15-14-19-10-13-22(34-4)23(16-19)35-5/h8-13,16-17H,6-7,14-15,18H2,1-5H3. The number of methoxy groups -OCH3 is 2. The van der Waals surface area contributed by atoms with Crippen LogP contribution in [0.5, 0.6) is 11.5 Å². The number of hydrogen-bond donors (Lipinski definition) is 0. The van der Waals surface area contributed by atoms with Crippen LogP contribution in [0, 0.1) is 0 Å². The third kappa shape index (κ3) is 7.27. The lowest BCUT2D eigenvalue weighted by atomic mass is 10.1. The van der Waals surface area contributed by atoms with Gasteiger partial charge in [0.2, 0.25) is 0 Å². The van der Waals surface area contributed by atoms with Gasteiger partial charge in [-0.2, -0.15) is 0 Å². The Kier molecular flexibility index (Phi) is 10.3. The summed E-state index contributed by atoms with van der Waals surface area (Å²) in [6, 6.07) is 15.3. The highest BCUT2D eigenvalue weighted by Gasteiger charge is 2.13. The molecular weight excluding hydrogens is 496 g/mol. The molecule has 0 aliphatic rings. The number of anilines is 1. The number of likely N-dealkylation sites (N-methyl/N-ethyl adjacent to an activating group) is 1. The van der Waals surface area contributed by atoms with Crippen LogP contribution in [0.3, 0.4) is 0 Å². The Labute approximate surface area is 222 Å². The third-order valence-corrected chi connectivity index (χ3v) is 6.96. The Morgan fingerprint density at radius 3 is 2.25 bits per heavy atom. The molecule has 0 aliphatic heterocycles. The normalized spacial score (nSPS) is 10.7. The van der Waals surface area contributed by atoms with Crippen molar-refractivity contribution in [2.24, 2.45) is 0 Å². The summed E-state index contributed by atoms with van der Waals surface area (Å²) in [5, 5.41) is 1.07. The Hall–Kier alpha value is -2.97. The highest BCUT2D eigenvalue weighted by atomic mass is 35.5. The average Bonchev–Trinajstić information content (AvgIpc) is 2.90. The van der Waals surface area contributed by atoms with Gasteiger partial charge >= 0.3 is 0 Å². The molecule has 0 N–H and O–H groups in total. The van der Waals surface area contributed by atoms with Crippen LogP contribution in [0.2, 0.25) is 5.15 Å². The van der Waals surface area contributed by atoms with E-state index in [1.807, 2.05) is 49.5 Å². The van der Waals surface area contributed by atoms with Gasteiger partial charge in [0.1, 0.15) is 11.0 Å². The predicted octanol–water partition coefficient (Wildman–Crippen LogP) is 5.60. The summed E-state index contributed by atoms with van der Waals surface area (Å²) >= 11 is 7.75. The first-order valence-electron chi connectivity index (χ1n) is 11.9. The number of carbonyl (C=O) groups excluding carboxylic acids is 1. The van der Waals surface area contributed by atoms with E-state index in [9.17, 15) is 4.79 Å². The van der Waals surface area contributed by atoms with Crippen molar-refractivity contribution in [3.8, 4) is 11.5 Å². The van der Waals surface area contributed by atoms with Crippen LogP contribution < -0.4 is 14.4 Å². The van der Waals surface area contributed by atoms with Crippen LogP contribution in [0.4, 0.5) is 5.82 Å². The van der Waals surface area contributed by atoms with Crippen LogP contribution in [-0.2, 0) is 12.2 Å². The van der Waals surface area contributed by atoms with E-state index in [-0.39, 0.29) is 5.91 Å². The fraction of sp³-hybridized carbons (Fsp3) is 0.370. The molecule has 0 atom stereocenters. The van der Waals surface area contributed by atoms with E-state index in [1.165, 1.54) is 11.8 Å². The van der Waals surface area contributed by atoms with Gasteiger partial charge in [0, 0.05) is 44.1 Å². The lowest BCUT2D eigenvalue weighted by molar-refractivity contribution is 0.0796. The van der Waals surface area contributed by atoms with E-state index >= 15 is 0 Å². The number of hydrogen-bond acceptors (Lipinski definition) is 7. The molecule has 0 spiro atoms. The number of aromatic nitrogens is 2. The SMILES string of the molecule is CCN(CC)c1cc(Cl)nc(SCc2ccc(C(=O)N(C)CCc3ccc(OC)c(OC)c3)cc2)n1. The number of nitrogens with zero attached hydrogens (tertiary/aromatic N) is 4. The molecule has 0 saturated heterocycles. The third-order valence-electron chi connectivity index (χ3n) is 5.85. The van der Waals surface area contributed by atoms with Gasteiger partial charge in [-0.05, 0) is 55.7 Å². The van der Waals surface area contributed by atoms with E-state index in [1.54, 1.807) is 25.2 Å². The monoisotopic (exact) mass is 528 g/mol. The van der Waals surface area contributed by atoms with Crippen LogP contribution in [0.15, 0.2) is 53.7 Å². The van der Waals surface area contributed by atoms with E-state index in [2.05, 4.69) is 28.7 Å². The molecule has 0 saturated carbocycles. The van der Waals surface area contributed by atoms with Gasteiger partial charge in [-0.3, -0.25) is 4.79 Å². The second kappa shape index (κ2) is 13.4. The first-order valence-corrected chi connectivity index (χ1v) is 13.2. The molecule has 0 aliphatic carbocycles. The number of thioether (sulfide) groups is 1. The summed E-state index contributed by atoms with van der Waals surface area (Å²) in [4.78, 5) is 25.8. The first kappa shape index (κ1) is 27.6. The molecule has 0 bridgehead atoms. The van der Waals surface area contributed by atoms with Gasteiger partial charge in [0.05, 0.1) is 14.2 Å². The molecule has 3 rings (SSSR count). The van der Waals surface area contributed by atoms with Crippen LogP contribution in [0.25, 0.3) is 0 Å². The van der Waals surface area contributed by atoms with Gasteiger partial charge in [0.25, 0.3) is 5.91 Å². The summed E-state index contributed by atoms with van der Waals surface area (Å²) in [5.41, 5.74) is 2.81. The van der Waals surface area contributed by atoms with Crippen molar-refractivity contribution in [2.45, 2.75) is 31.2 Å². The van der Waals surface area contributed by atoms with Gasteiger partial charge in [0.15, 0.2) is 16.7 Å². The largest absolute Gasteiger partial charge is 0.493 e. The van der Waals surface area contributed by atoms with E-state index in [0.29, 0.717) is 46.1 Å². The van der Waals surface area contributed by atoms with Crippen LogP contribution in [-0.4, -0.2) is 61.7 Å². The molecule has 0 fully saturated rings. The molecule has 9 heteroatoms. The van der Waals surface area contributed by atoms with Gasteiger partial charge in [-0.1, -0.05) is 41.6 Å². The van der Waals surface area contributed by atoms with Crippen molar-refractivity contribution >= 4 is 35.1 Å². The maximum absolute atomic E-state index is 12.9. The topological polar surface area (TPSA) is 67.8 Å². The number of amides is 1. The predicted molar refractivity (Wildman–Crippen MR) is 147 cm³/mol. The number of carbonyl (C=O) groups is 1. The molecule has 3 aromatic rings. The summed E-state index contributed by atoms with van der Waals surface area (Å²) in [6.07, 6.45) is 0.715. The fourth-order valence-corrected chi connectivity index (χ4v) is 4.74. The first-order chi connectivity index (χ1) is 17.4. The molecule has 0 unspecified atom stereocenters.